The van der Waals surface area contributed by atoms with Gasteiger partial charge in [-0.1, -0.05) is 25.3 Å². The van der Waals surface area contributed by atoms with Gasteiger partial charge in [-0.2, -0.15) is 0 Å². The summed E-state index contributed by atoms with van der Waals surface area (Å²) >= 11 is 0. The van der Waals surface area contributed by atoms with E-state index in [4.69, 9.17) is 4.74 Å². The highest BCUT2D eigenvalue weighted by Crippen LogP contribution is 2.37. The van der Waals surface area contributed by atoms with E-state index in [9.17, 15) is 15.2 Å². The third-order valence-electron chi connectivity index (χ3n) is 4.56. The Balaban J connectivity index is 2.01. The lowest BCUT2D eigenvalue weighted by Gasteiger charge is -2.23. The van der Waals surface area contributed by atoms with Crippen LogP contribution in [0.1, 0.15) is 64.4 Å². The second-order valence-corrected chi connectivity index (χ2v) is 7.91. The Hall–Kier alpha value is -1.66. The zero-order valence-corrected chi connectivity index (χ0v) is 15.5. The monoisotopic (exact) mass is 350 g/mol. The summed E-state index contributed by atoms with van der Waals surface area (Å²) in [5, 5.41) is 24.6. The quantitative estimate of drug-likeness (QED) is 0.577. The molecular formula is C19H30N2O4. The van der Waals surface area contributed by atoms with Crippen LogP contribution in [0, 0.1) is 10.1 Å². The van der Waals surface area contributed by atoms with E-state index in [1.54, 1.807) is 12.1 Å². The van der Waals surface area contributed by atoms with Crippen LogP contribution in [0.2, 0.25) is 0 Å². The molecule has 1 fully saturated rings. The van der Waals surface area contributed by atoms with Crippen molar-refractivity contribution in [3.8, 4) is 5.75 Å². The van der Waals surface area contributed by atoms with Crippen LogP contribution in [0.25, 0.3) is 0 Å². The maximum absolute atomic E-state index is 11.4. The van der Waals surface area contributed by atoms with Crippen molar-refractivity contribution in [3.63, 3.8) is 0 Å². The van der Waals surface area contributed by atoms with Crippen molar-refractivity contribution in [2.24, 2.45) is 0 Å². The molecule has 0 amide bonds. The van der Waals surface area contributed by atoms with Gasteiger partial charge in [0.2, 0.25) is 0 Å². The van der Waals surface area contributed by atoms with Crippen LogP contribution in [-0.2, 0) is 0 Å². The van der Waals surface area contributed by atoms with Crippen molar-refractivity contribution in [3.05, 3.63) is 33.9 Å². The Morgan fingerprint density at radius 1 is 1.32 bits per heavy atom. The van der Waals surface area contributed by atoms with Gasteiger partial charge in [-0.3, -0.25) is 10.1 Å². The number of nitro groups is 1. The molecule has 6 nitrogen and oxygen atoms in total. The number of nitrogens with zero attached hydrogens (tertiary/aromatic N) is 1. The van der Waals surface area contributed by atoms with Crippen LogP contribution >= 0.6 is 0 Å². The van der Waals surface area contributed by atoms with Gasteiger partial charge < -0.3 is 15.2 Å². The number of ether oxygens (including phenoxy) is 1. The van der Waals surface area contributed by atoms with Gasteiger partial charge >= 0.3 is 5.69 Å². The summed E-state index contributed by atoms with van der Waals surface area (Å²) in [5.74, 6) is 0.627. The molecule has 2 N–H and O–H groups in total. The minimum Gasteiger partial charge on any atom is -0.484 e. The molecule has 1 aromatic rings. The molecule has 0 saturated heterocycles. The molecule has 6 heteroatoms. The van der Waals surface area contributed by atoms with E-state index in [-0.39, 0.29) is 23.6 Å². The van der Waals surface area contributed by atoms with Gasteiger partial charge in [0, 0.05) is 18.2 Å². The van der Waals surface area contributed by atoms with Crippen molar-refractivity contribution >= 4 is 5.69 Å². The van der Waals surface area contributed by atoms with Crippen LogP contribution in [0.4, 0.5) is 5.69 Å². The second kappa shape index (κ2) is 8.63. The molecule has 2 rings (SSSR count). The zero-order valence-electron chi connectivity index (χ0n) is 15.5. The predicted octanol–water partition coefficient (Wildman–Crippen LogP) is 3.77. The minimum atomic E-state index is -0.725. The summed E-state index contributed by atoms with van der Waals surface area (Å²) in [5.41, 5.74) is 0.905. The number of aliphatic hydroxyl groups is 1. The first-order chi connectivity index (χ1) is 11.8. The summed E-state index contributed by atoms with van der Waals surface area (Å²) < 4.78 is 5.54. The maximum Gasteiger partial charge on any atom is 0.311 e. The summed E-state index contributed by atoms with van der Waals surface area (Å²) in [6.07, 6.45) is 5.08. The summed E-state index contributed by atoms with van der Waals surface area (Å²) in [4.78, 5) is 11.0. The average Bonchev–Trinajstić information content (AvgIpc) is 2.58. The molecule has 1 aliphatic carbocycles. The number of rotatable bonds is 7. The minimum absolute atomic E-state index is 0.0148. The Kier molecular flexibility index (Phi) is 6.79. The lowest BCUT2D eigenvalue weighted by molar-refractivity contribution is -0.386. The molecule has 0 radical (unpaired) electrons. The Morgan fingerprint density at radius 2 is 2.00 bits per heavy atom. The molecule has 0 aromatic heterocycles. The van der Waals surface area contributed by atoms with E-state index in [1.165, 1.54) is 19.3 Å². The fourth-order valence-corrected chi connectivity index (χ4v) is 3.16. The molecule has 0 bridgehead atoms. The molecule has 0 aliphatic heterocycles. The standard InChI is InChI=1S/C19H30N2O4/c1-19(2,3)20-12-16(22)13-25-18-10-9-15(11-17(18)21(23)24)14-7-5-4-6-8-14/h9-11,14,16,20,22H,4-8,12-13H2,1-3H3. The fraction of sp³-hybridized carbons (Fsp3) is 0.684. The number of aliphatic hydroxyl groups excluding tert-OH is 1. The molecule has 1 aliphatic rings. The van der Waals surface area contributed by atoms with E-state index in [0.29, 0.717) is 12.5 Å². The molecule has 1 unspecified atom stereocenters. The lowest BCUT2D eigenvalue weighted by atomic mass is 9.84. The summed E-state index contributed by atoms with van der Waals surface area (Å²) in [7, 11) is 0. The van der Waals surface area contributed by atoms with Gasteiger partial charge in [0.25, 0.3) is 0 Å². The number of nitrogens with one attached hydrogen (secondary N) is 1. The molecule has 0 heterocycles. The molecule has 1 atom stereocenters. The lowest BCUT2D eigenvalue weighted by Crippen LogP contribution is -2.42. The molecule has 0 spiro atoms. The molecule has 1 saturated carbocycles. The van der Waals surface area contributed by atoms with Gasteiger partial charge in [0.1, 0.15) is 12.7 Å². The van der Waals surface area contributed by atoms with Crippen LogP contribution < -0.4 is 10.1 Å². The highest BCUT2D eigenvalue weighted by Gasteiger charge is 2.22. The average molecular weight is 350 g/mol. The summed E-state index contributed by atoms with van der Waals surface area (Å²) in [6.45, 7) is 6.42. The second-order valence-electron chi connectivity index (χ2n) is 7.91. The van der Waals surface area contributed by atoms with Crippen LogP contribution in [0.5, 0.6) is 5.75 Å². The molecular weight excluding hydrogens is 320 g/mol. The van der Waals surface area contributed by atoms with Crippen LogP contribution in [0.3, 0.4) is 0 Å². The van der Waals surface area contributed by atoms with E-state index in [0.717, 1.165) is 18.4 Å². The number of β-amino-alcohol motifs (C(OH)–C–C–N with tert-alkyl or cyclic N) is 1. The third kappa shape index (κ3) is 6.29. The van der Waals surface area contributed by atoms with Gasteiger partial charge in [-0.05, 0) is 51.2 Å². The highest BCUT2D eigenvalue weighted by molar-refractivity contribution is 5.49. The zero-order chi connectivity index (χ0) is 18.4. The number of hydrogen-bond donors (Lipinski definition) is 2. The van der Waals surface area contributed by atoms with E-state index in [2.05, 4.69) is 5.32 Å². The fourth-order valence-electron chi connectivity index (χ4n) is 3.16. The number of benzene rings is 1. The van der Waals surface area contributed by atoms with Gasteiger partial charge in [-0.15, -0.1) is 0 Å². The van der Waals surface area contributed by atoms with Crippen molar-refractivity contribution in [2.45, 2.75) is 70.4 Å². The maximum atomic E-state index is 11.4. The first-order valence-electron chi connectivity index (χ1n) is 9.10. The molecule has 1 aromatic carbocycles. The number of nitro benzene ring substituents is 1. The Bertz CT molecular complexity index is 577. The van der Waals surface area contributed by atoms with Crippen LogP contribution in [0.15, 0.2) is 18.2 Å². The van der Waals surface area contributed by atoms with E-state index in [1.807, 2.05) is 26.8 Å². The van der Waals surface area contributed by atoms with E-state index < -0.39 is 11.0 Å². The van der Waals surface area contributed by atoms with E-state index >= 15 is 0 Å². The van der Waals surface area contributed by atoms with Gasteiger partial charge in [0.05, 0.1) is 4.92 Å². The predicted molar refractivity (Wildman–Crippen MR) is 98.2 cm³/mol. The van der Waals surface area contributed by atoms with Crippen LogP contribution in [-0.4, -0.2) is 34.8 Å². The topological polar surface area (TPSA) is 84.6 Å². The van der Waals surface area contributed by atoms with Crippen molar-refractivity contribution in [2.75, 3.05) is 13.2 Å². The van der Waals surface area contributed by atoms with Crippen molar-refractivity contribution < 1.29 is 14.8 Å². The largest absolute Gasteiger partial charge is 0.484 e. The third-order valence-corrected chi connectivity index (χ3v) is 4.56. The SMILES string of the molecule is CC(C)(C)NCC(O)COc1ccc(C2CCCCC2)cc1[N+](=O)[O-]. The van der Waals surface area contributed by atoms with Crippen molar-refractivity contribution in [1.29, 1.82) is 0 Å². The smallest absolute Gasteiger partial charge is 0.311 e. The Labute approximate surface area is 149 Å². The summed E-state index contributed by atoms with van der Waals surface area (Å²) in [6, 6.07) is 5.25. The normalized spacial score (nSPS) is 17.3. The first-order valence-corrected chi connectivity index (χ1v) is 9.10. The number of hydrogen-bond acceptors (Lipinski definition) is 5. The Morgan fingerprint density at radius 3 is 2.60 bits per heavy atom. The molecule has 140 valence electrons. The van der Waals surface area contributed by atoms with Gasteiger partial charge in [-0.25, -0.2) is 0 Å². The first kappa shape index (κ1) is 19.7. The van der Waals surface area contributed by atoms with Gasteiger partial charge in [0.15, 0.2) is 5.75 Å². The van der Waals surface area contributed by atoms with Crippen molar-refractivity contribution in [1.82, 2.24) is 5.32 Å². The highest BCUT2D eigenvalue weighted by atomic mass is 16.6. The molecule has 25 heavy (non-hydrogen) atoms.